The van der Waals surface area contributed by atoms with E-state index < -0.39 is 0 Å². The number of fused-ring (bicyclic) bond motifs is 9. The van der Waals surface area contributed by atoms with E-state index in [1.165, 1.54) is 43.6 Å². The minimum atomic E-state index is 0.0350. The number of benzene rings is 8. The zero-order valence-electron chi connectivity index (χ0n) is 30.8. The molecule has 12 rings (SSSR count). The van der Waals surface area contributed by atoms with E-state index in [0.717, 1.165) is 55.5 Å². The first-order valence-corrected chi connectivity index (χ1v) is 19.2. The van der Waals surface area contributed by atoms with Crippen LogP contribution in [0.1, 0.15) is 11.4 Å². The predicted octanol–water partition coefficient (Wildman–Crippen LogP) is 12.5. The molecule has 3 heterocycles. The molecular formula is C52H28N6. The maximum Gasteiger partial charge on any atom is 0.177 e. The highest BCUT2D eigenvalue weighted by atomic mass is 15.0. The van der Waals surface area contributed by atoms with Crippen LogP contribution < -0.4 is 0 Å². The van der Waals surface area contributed by atoms with Crippen molar-refractivity contribution in [3.05, 3.63) is 181 Å². The summed E-state index contributed by atoms with van der Waals surface area (Å²) in [4.78, 5) is 9.43. The molecule has 0 atom stereocenters. The topological polar surface area (TPSA) is 83.2 Å². The van der Waals surface area contributed by atoms with E-state index in [1.54, 1.807) is 0 Å². The molecule has 8 aromatic carbocycles. The van der Waals surface area contributed by atoms with Crippen LogP contribution >= 0.6 is 0 Å². The van der Waals surface area contributed by atoms with Crippen molar-refractivity contribution in [3.63, 3.8) is 0 Å². The summed E-state index contributed by atoms with van der Waals surface area (Å²) in [5.74, 6) is 0. The van der Waals surface area contributed by atoms with Gasteiger partial charge in [0.25, 0.3) is 0 Å². The highest BCUT2D eigenvalue weighted by Crippen LogP contribution is 2.51. The third kappa shape index (κ3) is 4.40. The fourth-order valence-corrected chi connectivity index (χ4v) is 9.32. The molecule has 0 spiro atoms. The molecule has 266 valence electrons. The number of rotatable bonds is 4. The van der Waals surface area contributed by atoms with Gasteiger partial charge in [-0.3, -0.25) is 0 Å². The van der Waals surface area contributed by atoms with Crippen LogP contribution in [0, 0.1) is 22.7 Å². The van der Waals surface area contributed by atoms with E-state index in [9.17, 15) is 10.5 Å². The van der Waals surface area contributed by atoms with Gasteiger partial charge < -0.3 is 9.13 Å². The van der Waals surface area contributed by atoms with Crippen molar-refractivity contribution >= 4 is 54.4 Å². The lowest BCUT2D eigenvalue weighted by molar-refractivity contribution is 1.15. The van der Waals surface area contributed by atoms with E-state index >= 15 is 0 Å². The molecular weight excluding hydrogens is 709 g/mol. The summed E-state index contributed by atoms with van der Waals surface area (Å²) >= 11 is 0. The first kappa shape index (κ1) is 32.0. The van der Waals surface area contributed by atoms with E-state index in [2.05, 4.69) is 191 Å². The Morgan fingerprint density at radius 2 is 0.655 bits per heavy atom. The standard InChI is InChI=1S/C52H28N6/c53-29-43-44(30-54)56-52-42-28-26-36(32-19-23-34(24-20-32)58-47-15-7-3-11-39(47)40-12-4-8-16-48(40)58)49-35(25-27-41(50(42)49)51(52)55-43)31-17-21-33(22-18-31)57-45-13-5-1-9-37(45)38-10-2-6-14-46(38)57/h1-28H. The molecule has 0 saturated carbocycles. The van der Waals surface area contributed by atoms with E-state index in [1.807, 2.05) is 0 Å². The smallest absolute Gasteiger partial charge is 0.177 e. The number of hydrogen-bond donors (Lipinski definition) is 0. The number of nitrogens with zero attached hydrogens (tertiary/aromatic N) is 6. The maximum atomic E-state index is 9.89. The van der Waals surface area contributed by atoms with Crippen LogP contribution in [0.15, 0.2) is 170 Å². The molecule has 0 saturated heterocycles. The Morgan fingerprint density at radius 3 is 1.00 bits per heavy atom. The second-order valence-corrected chi connectivity index (χ2v) is 14.7. The number of aromatic nitrogens is 4. The Hall–Kier alpha value is -8.32. The molecule has 0 amide bonds. The third-order valence-electron chi connectivity index (χ3n) is 11.8. The molecule has 11 aromatic rings. The average Bonchev–Trinajstić information content (AvgIpc) is 3.92. The van der Waals surface area contributed by atoms with Crippen molar-refractivity contribution in [2.75, 3.05) is 0 Å². The number of para-hydroxylation sites is 4. The number of hydrogen-bond acceptors (Lipinski definition) is 4. The van der Waals surface area contributed by atoms with Crippen LogP contribution in [0.25, 0.3) is 111 Å². The summed E-state index contributed by atoms with van der Waals surface area (Å²) in [6.07, 6.45) is 0. The zero-order valence-corrected chi connectivity index (χ0v) is 30.8. The molecule has 0 bridgehead atoms. The van der Waals surface area contributed by atoms with E-state index in [4.69, 9.17) is 9.97 Å². The van der Waals surface area contributed by atoms with E-state index in [-0.39, 0.29) is 11.4 Å². The summed E-state index contributed by atoms with van der Waals surface area (Å²) in [5, 5.41) is 26.8. The summed E-state index contributed by atoms with van der Waals surface area (Å²) in [7, 11) is 0. The van der Waals surface area contributed by atoms with Crippen LogP contribution in [-0.2, 0) is 0 Å². The molecule has 0 fully saturated rings. The van der Waals surface area contributed by atoms with Crippen LogP contribution in [-0.4, -0.2) is 19.1 Å². The Morgan fingerprint density at radius 1 is 0.345 bits per heavy atom. The summed E-state index contributed by atoms with van der Waals surface area (Å²) in [5.41, 5.74) is 14.3. The van der Waals surface area contributed by atoms with Gasteiger partial charge in [0, 0.05) is 49.4 Å². The van der Waals surface area contributed by atoms with Crippen LogP contribution in [0.4, 0.5) is 0 Å². The molecule has 58 heavy (non-hydrogen) atoms. The lowest BCUT2D eigenvalue weighted by atomic mass is 9.88. The molecule has 0 unspecified atom stereocenters. The molecule has 6 nitrogen and oxygen atoms in total. The predicted molar refractivity (Wildman–Crippen MR) is 233 cm³/mol. The quantitative estimate of drug-likeness (QED) is 0.180. The Balaban J connectivity index is 1.06. The summed E-state index contributed by atoms with van der Waals surface area (Å²) < 4.78 is 4.67. The Labute approximate surface area is 332 Å². The van der Waals surface area contributed by atoms with Crippen molar-refractivity contribution in [2.45, 2.75) is 0 Å². The van der Waals surface area contributed by atoms with Gasteiger partial charge in [0.05, 0.1) is 33.5 Å². The van der Waals surface area contributed by atoms with Crippen LogP contribution in [0.2, 0.25) is 0 Å². The Kier molecular flexibility index (Phi) is 6.66. The lowest BCUT2D eigenvalue weighted by Gasteiger charge is -2.16. The Bertz CT molecular complexity index is 3290. The first-order valence-electron chi connectivity index (χ1n) is 19.2. The monoisotopic (exact) mass is 736 g/mol. The van der Waals surface area contributed by atoms with Gasteiger partial charge in [0.15, 0.2) is 11.4 Å². The van der Waals surface area contributed by atoms with Crippen LogP contribution in [0.3, 0.4) is 0 Å². The van der Waals surface area contributed by atoms with Gasteiger partial charge in [-0.2, -0.15) is 10.5 Å². The van der Waals surface area contributed by atoms with Gasteiger partial charge in [-0.25, -0.2) is 9.97 Å². The largest absolute Gasteiger partial charge is 0.309 e. The minimum Gasteiger partial charge on any atom is -0.309 e. The van der Waals surface area contributed by atoms with Crippen molar-refractivity contribution < 1.29 is 0 Å². The van der Waals surface area contributed by atoms with Crippen molar-refractivity contribution in [1.29, 1.82) is 10.5 Å². The van der Waals surface area contributed by atoms with Crippen LogP contribution in [0.5, 0.6) is 0 Å². The van der Waals surface area contributed by atoms with Gasteiger partial charge in [-0.05, 0) is 76.2 Å². The molecule has 0 radical (unpaired) electrons. The molecule has 6 heteroatoms. The van der Waals surface area contributed by atoms with Gasteiger partial charge in [-0.15, -0.1) is 0 Å². The summed E-state index contributed by atoms with van der Waals surface area (Å²) in [6.45, 7) is 0. The molecule has 0 aliphatic heterocycles. The summed E-state index contributed by atoms with van der Waals surface area (Å²) in [6, 6.07) is 64.5. The minimum absolute atomic E-state index is 0.0350. The van der Waals surface area contributed by atoms with Gasteiger partial charge in [-0.1, -0.05) is 121 Å². The average molecular weight is 737 g/mol. The van der Waals surface area contributed by atoms with Crippen molar-refractivity contribution in [3.8, 4) is 68.3 Å². The van der Waals surface area contributed by atoms with Crippen molar-refractivity contribution in [1.82, 2.24) is 19.1 Å². The fraction of sp³-hybridized carbons (Fsp3) is 0. The van der Waals surface area contributed by atoms with E-state index in [0.29, 0.717) is 11.4 Å². The molecule has 3 aromatic heterocycles. The third-order valence-corrected chi connectivity index (χ3v) is 11.8. The first-order chi connectivity index (χ1) is 28.7. The van der Waals surface area contributed by atoms with Gasteiger partial charge >= 0.3 is 0 Å². The van der Waals surface area contributed by atoms with Crippen molar-refractivity contribution in [2.24, 2.45) is 0 Å². The SMILES string of the molecule is N#Cc1nc2c(nc1C#N)-c1ccc(-c3ccc(-n4c5ccccc5c5ccccc54)cc3)c3c(-c4ccc(-n5c6ccccc6c6ccccc65)cc4)ccc-2c13. The van der Waals surface area contributed by atoms with Gasteiger partial charge in [0.1, 0.15) is 12.1 Å². The maximum absolute atomic E-state index is 9.89. The molecule has 1 aliphatic rings. The highest BCUT2D eigenvalue weighted by Gasteiger charge is 2.29. The second-order valence-electron chi connectivity index (χ2n) is 14.7. The molecule has 0 N–H and O–H groups in total. The molecule has 1 aliphatic carbocycles. The normalized spacial score (nSPS) is 11.8. The second kappa shape index (κ2) is 12.1. The number of nitriles is 2. The lowest BCUT2D eigenvalue weighted by Crippen LogP contribution is -1.97. The zero-order chi connectivity index (χ0) is 38.5. The fourth-order valence-electron chi connectivity index (χ4n) is 9.32. The highest BCUT2D eigenvalue weighted by molar-refractivity contribution is 6.21. The van der Waals surface area contributed by atoms with Gasteiger partial charge in [0.2, 0.25) is 0 Å².